The van der Waals surface area contributed by atoms with Gasteiger partial charge in [-0.15, -0.1) is 0 Å². The number of carbonyl (C=O) groups excluding carboxylic acids is 1. The smallest absolute Gasteiger partial charge is 0.410 e. The molecule has 1 fully saturated rings. The van der Waals surface area contributed by atoms with Crippen LogP contribution in [0.2, 0.25) is 51.4 Å². The van der Waals surface area contributed by atoms with E-state index in [1.54, 1.807) is 0 Å². The molecule has 0 radical (unpaired) electrons. The van der Waals surface area contributed by atoms with Gasteiger partial charge in [-0.25, -0.2) is 14.8 Å². The zero-order chi connectivity index (χ0) is 34.4. The molecule has 0 bridgehead atoms. The second kappa shape index (κ2) is 15.5. The van der Waals surface area contributed by atoms with Crippen molar-refractivity contribution in [1.29, 1.82) is 0 Å². The number of nitrogens with zero attached hydrogens (tertiary/aromatic N) is 6. The first kappa shape index (κ1) is 36.8. The number of rotatable bonds is 14. The van der Waals surface area contributed by atoms with Crippen molar-refractivity contribution in [2.24, 2.45) is 0 Å². The Hall–Kier alpha value is -3.01. The Bertz CT molecular complexity index is 1440. The molecule has 1 amide bonds. The van der Waals surface area contributed by atoms with Crippen molar-refractivity contribution in [3.8, 4) is 11.1 Å². The van der Waals surface area contributed by atoms with Gasteiger partial charge in [0.05, 0.1) is 11.9 Å². The highest BCUT2D eigenvalue weighted by Gasteiger charge is 2.30. The largest absolute Gasteiger partial charge is 0.444 e. The van der Waals surface area contributed by atoms with Crippen molar-refractivity contribution in [3.63, 3.8) is 0 Å². The maximum Gasteiger partial charge on any atom is 0.410 e. The average Bonchev–Trinajstić information content (AvgIpc) is 3.42. The summed E-state index contributed by atoms with van der Waals surface area (Å²) in [7, 11) is -0.662. The summed E-state index contributed by atoms with van der Waals surface area (Å²) in [6, 6.07) is 8.26. The van der Waals surface area contributed by atoms with Gasteiger partial charge >= 0.3 is 6.09 Å². The summed E-state index contributed by atoms with van der Waals surface area (Å²) in [4.78, 5) is 26.8. The standard InChI is InChI=1S/C34H57N7O4Si2/c1-34(2,3)45-33(42)39-15-11-12-27(23-39)29-20-31(40(24-43-16-18-46(5,6)7)25-44-17-19-47(8,9)10)41-32(38-29)28(22-37-41)26-13-14-30(35-4)36-21-26/h13-14,20-22,27H,11-12,15-19,23-25H2,1-10H3,(H,35,36). The van der Waals surface area contributed by atoms with Crippen LogP contribution in [0.25, 0.3) is 16.8 Å². The summed E-state index contributed by atoms with van der Waals surface area (Å²) in [5.41, 5.74) is 2.92. The van der Waals surface area contributed by atoms with Crippen LogP contribution in [0.3, 0.4) is 0 Å². The molecular formula is C34H57N7O4Si2. The van der Waals surface area contributed by atoms with E-state index in [1.165, 1.54) is 0 Å². The van der Waals surface area contributed by atoms with E-state index in [9.17, 15) is 4.79 Å². The maximum absolute atomic E-state index is 13.1. The number of anilines is 2. The monoisotopic (exact) mass is 683 g/mol. The van der Waals surface area contributed by atoms with E-state index < -0.39 is 21.7 Å². The van der Waals surface area contributed by atoms with Gasteiger partial charge in [0.1, 0.15) is 30.7 Å². The molecule has 1 saturated heterocycles. The first-order valence-corrected chi connectivity index (χ1v) is 24.4. The fourth-order valence-corrected chi connectivity index (χ4v) is 6.80. The fourth-order valence-electron chi connectivity index (χ4n) is 5.29. The lowest BCUT2D eigenvalue weighted by Gasteiger charge is -2.34. The third-order valence-electron chi connectivity index (χ3n) is 8.11. The fraction of sp³-hybridized carbons (Fsp3) is 0.647. The van der Waals surface area contributed by atoms with Crippen LogP contribution in [0.5, 0.6) is 0 Å². The van der Waals surface area contributed by atoms with Crippen LogP contribution < -0.4 is 10.2 Å². The number of aromatic nitrogens is 4. The Morgan fingerprint density at radius 1 is 1.02 bits per heavy atom. The predicted molar refractivity (Wildman–Crippen MR) is 196 cm³/mol. The molecular weight excluding hydrogens is 627 g/mol. The molecule has 4 heterocycles. The molecule has 13 heteroatoms. The van der Waals surface area contributed by atoms with E-state index >= 15 is 0 Å². The number of amides is 1. The number of ether oxygens (including phenoxy) is 3. The Balaban J connectivity index is 1.73. The highest BCUT2D eigenvalue weighted by Crippen LogP contribution is 2.33. The minimum absolute atomic E-state index is 0.0371. The van der Waals surface area contributed by atoms with Gasteiger partial charge in [-0.3, -0.25) is 0 Å². The number of hydrogen-bond donors (Lipinski definition) is 1. The second-order valence-corrected chi connectivity index (χ2v) is 27.3. The topological polar surface area (TPSA) is 106 Å². The normalized spacial score (nSPS) is 16.0. The number of likely N-dealkylation sites (tertiary alicyclic amines) is 1. The summed E-state index contributed by atoms with van der Waals surface area (Å²) >= 11 is 0. The summed E-state index contributed by atoms with van der Waals surface area (Å²) < 4.78 is 20.3. The van der Waals surface area contributed by atoms with E-state index in [1.807, 2.05) is 61.8 Å². The molecule has 11 nitrogen and oxygen atoms in total. The number of fused-ring (bicyclic) bond motifs is 1. The van der Waals surface area contributed by atoms with Crippen molar-refractivity contribution in [2.75, 3.05) is 57.0 Å². The minimum atomic E-state index is -1.26. The number of carbonyl (C=O) groups is 1. The van der Waals surface area contributed by atoms with Crippen LogP contribution in [0, 0.1) is 0 Å². The molecule has 0 aromatic carbocycles. The van der Waals surface area contributed by atoms with Crippen LogP contribution in [-0.2, 0) is 14.2 Å². The highest BCUT2D eigenvalue weighted by molar-refractivity contribution is 6.76. The lowest BCUT2D eigenvalue weighted by atomic mass is 9.94. The molecule has 0 spiro atoms. The molecule has 3 aromatic rings. The van der Waals surface area contributed by atoms with Crippen LogP contribution in [0.15, 0.2) is 30.6 Å². The first-order chi connectivity index (χ1) is 22.0. The van der Waals surface area contributed by atoms with E-state index in [2.05, 4.69) is 60.5 Å². The average molecular weight is 684 g/mol. The molecule has 0 saturated carbocycles. The lowest BCUT2D eigenvalue weighted by molar-refractivity contribution is 0.0197. The van der Waals surface area contributed by atoms with Crippen molar-refractivity contribution in [2.45, 2.75) is 96.5 Å². The van der Waals surface area contributed by atoms with Crippen molar-refractivity contribution in [1.82, 2.24) is 24.5 Å². The molecule has 1 unspecified atom stereocenters. The van der Waals surface area contributed by atoms with Gasteiger partial charge < -0.3 is 29.3 Å². The number of hydrogen-bond acceptors (Lipinski definition) is 9. The molecule has 1 N–H and O–H groups in total. The summed E-state index contributed by atoms with van der Waals surface area (Å²) in [6.45, 7) is 23.2. The second-order valence-electron chi connectivity index (χ2n) is 16.0. The molecule has 260 valence electrons. The van der Waals surface area contributed by atoms with Gasteiger partial charge in [0, 0.05) is 78.8 Å². The summed E-state index contributed by atoms with van der Waals surface area (Å²) in [5.74, 6) is 1.68. The van der Waals surface area contributed by atoms with Crippen molar-refractivity contribution >= 4 is 39.5 Å². The van der Waals surface area contributed by atoms with E-state index in [0.717, 1.165) is 59.0 Å². The Morgan fingerprint density at radius 3 is 2.23 bits per heavy atom. The van der Waals surface area contributed by atoms with Gasteiger partial charge in [0.2, 0.25) is 0 Å². The van der Waals surface area contributed by atoms with Crippen LogP contribution in [0.1, 0.15) is 45.2 Å². The molecule has 47 heavy (non-hydrogen) atoms. The third-order valence-corrected chi connectivity index (χ3v) is 11.5. The maximum atomic E-state index is 13.1. The van der Waals surface area contributed by atoms with Gasteiger partial charge in [-0.2, -0.15) is 9.61 Å². The molecule has 0 aliphatic carbocycles. The molecule has 1 aliphatic rings. The Morgan fingerprint density at radius 2 is 1.68 bits per heavy atom. The zero-order valence-corrected chi connectivity index (χ0v) is 32.4. The zero-order valence-electron chi connectivity index (χ0n) is 30.4. The van der Waals surface area contributed by atoms with Crippen molar-refractivity contribution in [3.05, 3.63) is 36.3 Å². The highest BCUT2D eigenvalue weighted by atomic mass is 28.3. The van der Waals surface area contributed by atoms with Gasteiger partial charge in [-0.05, 0) is 57.8 Å². The van der Waals surface area contributed by atoms with Crippen LogP contribution >= 0.6 is 0 Å². The number of piperidine rings is 1. The third kappa shape index (κ3) is 11.0. The molecule has 1 aliphatic heterocycles. The lowest BCUT2D eigenvalue weighted by Crippen LogP contribution is -2.42. The first-order valence-electron chi connectivity index (χ1n) is 16.9. The Labute approximate surface area is 283 Å². The Kier molecular flexibility index (Phi) is 12.1. The minimum Gasteiger partial charge on any atom is -0.444 e. The number of nitrogens with one attached hydrogen (secondary N) is 1. The molecule has 3 aromatic heterocycles. The summed E-state index contributed by atoms with van der Waals surface area (Å²) in [6.07, 6.45) is 5.21. The predicted octanol–water partition coefficient (Wildman–Crippen LogP) is 7.38. The van der Waals surface area contributed by atoms with E-state index in [-0.39, 0.29) is 12.0 Å². The molecule has 1 atom stereocenters. The number of pyridine rings is 1. The van der Waals surface area contributed by atoms with Crippen molar-refractivity contribution < 1.29 is 19.0 Å². The SMILES string of the molecule is CNc1ccc(-c2cnn3c(N(COCC[Si](C)(C)C)COCC[Si](C)(C)C)cc(C4CCCN(C(=O)OC(C)(C)C)C4)nc23)cn1. The van der Waals surface area contributed by atoms with Gasteiger partial charge in [0.15, 0.2) is 5.65 Å². The van der Waals surface area contributed by atoms with Crippen LogP contribution in [0.4, 0.5) is 16.4 Å². The quantitative estimate of drug-likeness (QED) is 0.106. The van der Waals surface area contributed by atoms with Gasteiger partial charge in [-0.1, -0.05) is 39.3 Å². The van der Waals surface area contributed by atoms with Gasteiger partial charge in [0.25, 0.3) is 0 Å². The van der Waals surface area contributed by atoms with Crippen LogP contribution in [-0.4, -0.2) is 99.1 Å². The summed E-state index contributed by atoms with van der Waals surface area (Å²) in [5, 5.41) is 7.94. The van der Waals surface area contributed by atoms with E-state index in [0.29, 0.717) is 39.8 Å². The van der Waals surface area contributed by atoms with E-state index in [4.69, 9.17) is 24.3 Å². The molecule has 4 rings (SSSR count).